The lowest BCUT2D eigenvalue weighted by Crippen LogP contribution is -2.44. The first-order valence-corrected chi connectivity index (χ1v) is 14.2. The molecule has 8 nitrogen and oxygen atoms in total. The third-order valence-electron chi connectivity index (χ3n) is 7.60. The van der Waals surface area contributed by atoms with Crippen LogP contribution in [0.3, 0.4) is 0 Å². The molecule has 1 saturated carbocycles. The lowest BCUT2D eigenvalue weighted by atomic mass is 9.99. The largest absolute Gasteiger partial charge is 0.480 e. The third-order valence-corrected chi connectivity index (χ3v) is 7.60. The molecule has 0 bridgehead atoms. The van der Waals surface area contributed by atoms with Gasteiger partial charge in [-0.3, -0.25) is 4.79 Å². The molecule has 1 amide bonds. The van der Waals surface area contributed by atoms with Crippen LogP contribution in [-0.2, 0) is 27.2 Å². The summed E-state index contributed by atoms with van der Waals surface area (Å²) < 4.78 is 31.7. The lowest BCUT2D eigenvalue weighted by molar-refractivity contribution is -0.142. The fraction of sp³-hybridized carbons (Fsp3) is 0.750. The van der Waals surface area contributed by atoms with Gasteiger partial charge in [-0.25, -0.2) is 18.6 Å². The van der Waals surface area contributed by atoms with Crippen LogP contribution in [-0.4, -0.2) is 77.7 Å². The number of unbranched alkanes of at least 4 members (excludes halogenated alkanes) is 1. The van der Waals surface area contributed by atoms with E-state index in [0.29, 0.717) is 26.1 Å². The van der Waals surface area contributed by atoms with Crippen molar-refractivity contribution in [3.05, 3.63) is 23.4 Å². The van der Waals surface area contributed by atoms with E-state index in [9.17, 15) is 23.5 Å². The van der Waals surface area contributed by atoms with Crippen molar-refractivity contribution in [2.45, 2.75) is 96.1 Å². The average Bonchev–Trinajstić information content (AvgIpc) is 3.52. The van der Waals surface area contributed by atoms with Crippen LogP contribution in [0.15, 0.2) is 12.1 Å². The molecule has 1 aromatic heterocycles. The Hall–Kier alpha value is -2.33. The number of hydrogen-bond donors (Lipinski definition) is 3. The quantitative estimate of drug-likeness (QED) is 0.240. The van der Waals surface area contributed by atoms with Crippen LogP contribution in [0.1, 0.15) is 76.5 Å². The highest BCUT2D eigenvalue weighted by molar-refractivity contribution is 5.83. The van der Waals surface area contributed by atoms with E-state index in [0.717, 1.165) is 63.0 Å². The van der Waals surface area contributed by atoms with E-state index < -0.39 is 24.0 Å². The summed E-state index contributed by atoms with van der Waals surface area (Å²) in [7, 11) is 0. The molecule has 38 heavy (non-hydrogen) atoms. The number of carbonyl (C=O) groups is 2. The Bertz CT molecular complexity index is 913. The van der Waals surface area contributed by atoms with Crippen molar-refractivity contribution >= 4 is 17.7 Å². The minimum absolute atomic E-state index is 0.164. The van der Waals surface area contributed by atoms with Gasteiger partial charge in [-0.05, 0) is 62.6 Å². The van der Waals surface area contributed by atoms with Gasteiger partial charge in [-0.2, -0.15) is 0 Å². The summed E-state index contributed by atoms with van der Waals surface area (Å²) in [5.74, 6) is -2.82. The number of nitrogens with one attached hydrogen (secondary N) is 2. The van der Waals surface area contributed by atoms with Crippen molar-refractivity contribution in [2.75, 3.05) is 38.1 Å². The number of amides is 1. The maximum Gasteiger partial charge on any atom is 0.326 e. The lowest BCUT2D eigenvalue weighted by Gasteiger charge is -2.25. The normalized spacial score (nSPS) is 18.6. The molecule has 2 aliphatic rings. The second-order valence-corrected chi connectivity index (χ2v) is 10.6. The zero-order valence-electron chi connectivity index (χ0n) is 22.8. The van der Waals surface area contributed by atoms with Crippen molar-refractivity contribution in [1.82, 2.24) is 15.2 Å². The summed E-state index contributed by atoms with van der Waals surface area (Å²) in [6.45, 7) is 6.69. The summed E-state index contributed by atoms with van der Waals surface area (Å²) in [5.41, 5.74) is 2.29. The van der Waals surface area contributed by atoms with Gasteiger partial charge >= 0.3 is 5.97 Å². The molecule has 1 aliphatic heterocycles. The van der Waals surface area contributed by atoms with Gasteiger partial charge in [0, 0.05) is 38.2 Å². The minimum Gasteiger partial charge on any atom is -0.480 e. The molecular formula is C28H44F2N4O4. The number of carboxylic acid groups (broad SMARTS) is 1. The van der Waals surface area contributed by atoms with Crippen LogP contribution >= 0.6 is 0 Å². The van der Waals surface area contributed by atoms with Crippen LogP contribution in [0.25, 0.3) is 0 Å². The summed E-state index contributed by atoms with van der Waals surface area (Å²) in [6.07, 6.45) is 5.80. The van der Waals surface area contributed by atoms with Crippen LogP contribution in [0.5, 0.6) is 0 Å². The number of fused-ring (bicyclic) bond motifs is 1. The summed E-state index contributed by atoms with van der Waals surface area (Å²) in [6, 6.07) is 3.24. The van der Waals surface area contributed by atoms with Crippen molar-refractivity contribution in [3.63, 3.8) is 0 Å². The number of halogens is 2. The van der Waals surface area contributed by atoms with Gasteiger partial charge < -0.3 is 25.4 Å². The number of pyridine rings is 1. The van der Waals surface area contributed by atoms with E-state index in [-0.39, 0.29) is 31.3 Å². The molecule has 2 unspecified atom stereocenters. The van der Waals surface area contributed by atoms with Crippen molar-refractivity contribution in [2.24, 2.45) is 5.92 Å². The summed E-state index contributed by atoms with van der Waals surface area (Å²) >= 11 is 0. The molecule has 2 atom stereocenters. The number of ether oxygens (including phenoxy) is 1. The number of carboxylic acids is 1. The molecule has 1 fully saturated rings. The van der Waals surface area contributed by atoms with Crippen molar-refractivity contribution < 1.29 is 28.2 Å². The maximum atomic E-state index is 13.2. The van der Waals surface area contributed by atoms with Crippen LogP contribution in [0.4, 0.5) is 14.6 Å². The van der Waals surface area contributed by atoms with Gasteiger partial charge in [0.05, 0.1) is 6.61 Å². The predicted molar refractivity (Wildman–Crippen MR) is 143 cm³/mol. The standard InChI is InChI=1S/C28H44F2N4O4/c1-3-20(4-2)18-25(35)33-23(27(36)37)12-15-34(16-17-38-24-19-28(24,29)30)14-6-5-9-22-11-10-21-8-7-13-31-26(21)32-22/h10-11,20,23-24H,3-9,12-19H2,1-2H3,(H,31,32)(H,33,35)(H,36,37). The van der Waals surface area contributed by atoms with Gasteiger partial charge in [0.25, 0.3) is 5.92 Å². The molecule has 0 aromatic carbocycles. The van der Waals surface area contributed by atoms with Gasteiger partial charge in [0.15, 0.2) is 0 Å². The molecule has 1 aliphatic carbocycles. The first kappa shape index (κ1) is 30.2. The number of nitrogens with zero attached hydrogens (tertiary/aromatic N) is 2. The maximum absolute atomic E-state index is 13.2. The highest BCUT2D eigenvalue weighted by Crippen LogP contribution is 2.44. The Labute approximate surface area is 224 Å². The zero-order valence-corrected chi connectivity index (χ0v) is 22.8. The second-order valence-electron chi connectivity index (χ2n) is 10.6. The molecule has 1 aromatic rings. The predicted octanol–water partition coefficient (Wildman–Crippen LogP) is 4.27. The Morgan fingerprint density at radius 3 is 2.68 bits per heavy atom. The Balaban J connectivity index is 1.47. The molecule has 0 saturated heterocycles. The van der Waals surface area contributed by atoms with Crippen LogP contribution in [0, 0.1) is 5.92 Å². The molecular weight excluding hydrogens is 494 g/mol. The molecule has 2 heterocycles. The van der Waals surface area contributed by atoms with E-state index >= 15 is 0 Å². The molecule has 0 radical (unpaired) electrons. The molecule has 0 spiro atoms. The van der Waals surface area contributed by atoms with E-state index in [1.807, 2.05) is 18.7 Å². The number of alkyl halides is 2. The third kappa shape index (κ3) is 9.76. The smallest absolute Gasteiger partial charge is 0.326 e. The van der Waals surface area contributed by atoms with Crippen molar-refractivity contribution in [1.29, 1.82) is 0 Å². The highest BCUT2D eigenvalue weighted by Gasteiger charge is 2.58. The van der Waals surface area contributed by atoms with Gasteiger partial charge in [-0.1, -0.05) is 32.8 Å². The summed E-state index contributed by atoms with van der Waals surface area (Å²) in [4.78, 5) is 31.0. The van der Waals surface area contributed by atoms with E-state index in [1.54, 1.807) is 0 Å². The molecule has 10 heteroatoms. The average molecular weight is 539 g/mol. The number of carbonyl (C=O) groups excluding carboxylic acids is 1. The van der Waals surface area contributed by atoms with E-state index in [1.165, 1.54) is 5.56 Å². The van der Waals surface area contributed by atoms with E-state index in [2.05, 4.69) is 22.8 Å². The Morgan fingerprint density at radius 2 is 2.00 bits per heavy atom. The number of aliphatic carboxylic acids is 1. The van der Waals surface area contributed by atoms with Gasteiger partial charge in [0.1, 0.15) is 18.0 Å². The minimum atomic E-state index is -2.73. The van der Waals surface area contributed by atoms with Gasteiger partial charge in [0.2, 0.25) is 5.91 Å². The number of hydrogen-bond acceptors (Lipinski definition) is 6. The monoisotopic (exact) mass is 538 g/mol. The first-order chi connectivity index (χ1) is 18.2. The van der Waals surface area contributed by atoms with Crippen LogP contribution < -0.4 is 10.6 Å². The SMILES string of the molecule is CCC(CC)CC(=O)NC(CCN(CCCCc1ccc2c(n1)NCCC2)CCOC1CC1(F)F)C(=O)O. The fourth-order valence-electron chi connectivity index (χ4n) is 4.84. The molecule has 3 rings (SSSR count). The molecule has 214 valence electrons. The number of rotatable bonds is 18. The first-order valence-electron chi connectivity index (χ1n) is 14.2. The number of anilines is 1. The number of aryl methyl sites for hydroxylation is 2. The second kappa shape index (κ2) is 14.7. The Kier molecular flexibility index (Phi) is 11.7. The topological polar surface area (TPSA) is 104 Å². The number of aromatic nitrogens is 1. The zero-order chi connectivity index (χ0) is 27.5. The fourth-order valence-corrected chi connectivity index (χ4v) is 4.84. The summed E-state index contributed by atoms with van der Waals surface area (Å²) in [5, 5.41) is 15.7. The van der Waals surface area contributed by atoms with Crippen molar-refractivity contribution in [3.8, 4) is 0 Å². The van der Waals surface area contributed by atoms with E-state index in [4.69, 9.17) is 9.72 Å². The van der Waals surface area contributed by atoms with Gasteiger partial charge in [-0.15, -0.1) is 0 Å². The van der Waals surface area contributed by atoms with Crippen LogP contribution in [0.2, 0.25) is 0 Å². The highest BCUT2D eigenvalue weighted by atomic mass is 19.3. The molecule has 3 N–H and O–H groups in total. The Morgan fingerprint density at radius 1 is 1.24 bits per heavy atom.